The number of hydrogen-bond acceptors (Lipinski definition) is 8. The molecule has 1 aromatic heterocycles. The van der Waals surface area contributed by atoms with Gasteiger partial charge in [-0.15, -0.1) is 0 Å². The molecule has 1 fully saturated rings. The molecule has 1 saturated carbocycles. The number of nitrogens with zero attached hydrogens (tertiary/aromatic N) is 4. The zero-order chi connectivity index (χ0) is 17.4. The van der Waals surface area contributed by atoms with E-state index < -0.39 is 5.66 Å². The predicted octanol–water partition coefficient (Wildman–Crippen LogP) is 3.05. The number of hydrogen-bond donors (Lipinski definition) is 2. The summed E-state index contributed by atoms with van der Waals surface area (Å²) in [7, 11) is 0. The third-order valence-corrected chi connectivity index (χ3v) is 5.44. The second kappa shape index (κ2) is 6.25. The summed E-state index contributed by atoms with van der Waals surface area (Å²) < 4.78 is 5.86. The molecule has 0 bridgehead atoms. The van der Waals surface area contributed by atoms with Crippen molar-refractivity contribution in [2.75, 3.05) is 10.7 Å². The summed E-state index contributed by atoms with van der Waals surface area (Å²) in [5, 5.41) is 0.685. The number of nitrogens with two attached hydrogens (primary N) is 2. The van der Waals surface area contributed by atoms with E-state index in [1.807, 2.05) is 23.1 Å². The number of oxazole rings is 1. The van der Waals surface area contributed by atoms with E-state index in [0.29, 0.717) is 11.2 Å². The molecule has 0 atom stereocenters. The second-order valence-electron chi connectivity index (χ2n) is 6.38. The van der Waals surface area contributed by atoms with Gasteiger partial charge < -0.3 is 15.9 Å². The lowest BCUT2D eigenvalue weighted by Gasteiger charge is -2.45. The number of rotatable bonds is 3. The fourth-order valence-electron chi connectivity index (χ4n) is 3.71. The van der Waals surface area contributed by atoms with E-state index in [1.165, 1.54) is 6.42 Å². The molecule has 1 aliphatic carbocycles. The molecular weight excluding hydrogens is 336 g/mol. The molecule has 0 amide bonds. The van der Waals surface area contributed by atoms with E-state index in [2.05, 4.69) is 16.9 Å². The summed E-state index contributed by atoms with van der Waals surface area (Å²) in [6.45, 7) is 2.07. The van der Waals surface area contributed by atoms with Crippen molar-refractivity contribution in [3.63, 3.8) is 0 Å². The molecule has 2 heterocycles. The molecule has 0 unspecified atom stereocenters. The highest BCUT2D eigenvalue weighted by molar-refractivity contribution is 7.99. The van der Waals surface area contributed by atoms with Crippen molar-refractivity contribution < 1.29 is 4.42 Å². The molecule has 1 aliphatic heterocycles. The second-order valence-corrected chi connectivity index (χ2v) is 7.60. The van der Waals surface area contributed by atoms with Crippen LogP contribution in [0.2, 0.25) is 0 Å². The molecule has 2 aromatic rings. The topological polar surface area (TPSA) is 106 Å². The van der Waals surface area contributed by atoms with Crippen LogP contribution in [0.25, 0.3) is 11.1 Å². The van der Waals surface area contributed by atoms with E-state index in [0.717, 1.165) is 48.2 Å². The molecule has 2 aliphatic rings. The van der Waals surface area contributed by atoms with Gasteiger partial charge in [-0.3, -0.25) is 4.90 Å². The Morgan fingerprint density at radius 3 is 2.80 bits per heavy atom. The minimum atomic E-state index is -0.442. The summed E-state index contributed by atoms with van der Waals surface area (Å²) >= 11 is 1.59. The number of guanidine groups is 2. The van der Waals surface area contributed by atoms with Crippen molar-refractivity contribution >= 4 is 40.5 Å². The standard InChI is InChI=1S/C17H22N6OS/c1-2-25-16-20-12-7-6-11(10-13(12)24-16)23-15(19)21-14(18)22-17(23)8-4-3-5-9-17/h6-7,10H,2-5,8-9H2,1H3,(H4,18,19,21,22). The van der Waals surface area contributed by atoms with Crippen molar-refractivity contribution in [3.05, 3.63) is 18.2 Å². The van der Waals surface area contributed by atoms with Gasteiger partial charge in [0.15, 0.2) is 5.58 Å². The van der Waals surface area contributed by atoms with Gasteiger partial charge in [-0.1, -0.05) is 25.1 Å². The van der Waals surface area contributed by atoms with Crippen LogP contribution in [0.5, 0.6) is 0 Å². The van der Waals surface area contributed by atoms with Gasteiger partial charge in [0.2, 0.25) is 11.9 Å². The Morgan fingerprint density at radius 1 is 1.24 bits per heavy atom. The van der Waals surface area contributed by atoms with Gasteiger partial charge in [0.25, 0.3) is 5.22 Å². The molecule has 0 saturated heterocycles. The number of benzene rings is 1. The van der Waals surface area contributed by atoms with Crippen LogP contribution in [-0.4, -0.2) is 28.3 Å². The van der Waals surface area contributed by atoms with Crippen molar-refractivity contribution in [2.24, 2.45) is 21.5 Å². The normalized spacial score (nSPS) is 20.0. The maximum absolute atomic E-state index is 6.27. The zero-order valence-electron chi connectivity index (χ0n) is 14.2. The van der Waals surface area contributed by atoms with E-state index in [1.54, 1.807) is 11.8 Å². The van der Waals surface area contributed by atoms with E-state index in [9.17, 15) is 0 Å². The van der Waals surface area contributed by atoms with E-state index in [4.69, 9.17) is 20.9 Å². The lowest BCUT2D eigenvalue weighted by Crippen LogP contribution is -2.58. The largest absolute Gasteiger partial charge is 0.431 e. The van der Waals surface area contributed by atoms with Gasteiger partial charge in [0.1, 0.15) is 11.2 Å². The average Bonchev–Trinajstić information content (AvgIpc) is 2.97. The SMILES string of the molecule is CCSc1nc2ccc(N3C(N)=NC(N)=NC34CCCCC4)cc2o1. The third kappa shape index (κ3) is 2.84. The summed E-state index contributed by atoms with van der Waals surface area (Å²) in [5.41, 5.74) is 14.2. The van der Waals surface area contributed by atoms with E-state index in [-0.39, 0.29) is 5.96 Å². The molecule has 8 heteroatoms. The Morgan fingerprint density at radius 2 is 2.04 bits per heavy atom. The minimum absolute atomic E-state index is 0.262. The van der Waals surface area contributed by atoms with Crippen LogP contribution in [0.1, 0.15) is 39.0 Å². The molecule has 132 valence electrons. The molecular formula is C17H22N6OS. The summed E-state index contributed by atoms with van der Waals surface area (Å²) in [6.07, 6.45) is 5.23. The Bertz CT molecular complexity index is 852. The van der Waals surface area contributed by atoms with Gasteiger partial charge in [0.05, 0.1) is 5.69 Å². The number of thioether (sulfide) groups is 1. The van der Waals surface area contributed by atoms with Gasteiger partial charge in [-0.05, 0) is 43.6 Å². The van der Waals surface area contributed by atoms with Crippen molar-refractivity contribution in [2.45, 2.75) is 49.9 Å². The first-order chi connectivity index (χ1) is 12.1. The molecule has 1 aromatic carbocycles. The highest BCUT2D eigenvalue weighted by atomic mass is 32.2. The third-order valence-electron chi connectivity index (χ3n) is 4.73. The number of fused-ring (bicyclic) bond motifs is 1. The minimum Gasteiger partial charge on any atom is -0.431 e. The fraction of sp³-hybridized carbons (Fsp3) is 0.471. The van der Waals surface area contributed by atoms with Gasteiger partial charge in [-0.2, -0.15) is 4.99 Å². The highest BCUT2D eigenvalue weighted by Crippen LogP contribution is 2.40. The molecule has 4 N–H and O–H groups in total. The number of aromatic nitrogens is 1. The van der Waals surface area contributed by atoms with Crippen LogP contribution in [0.3, 0.4) is 0 Å². The van der Waals surface area contributed by atoms with Crippen LogP contribution in [0, 0.1) is 0 Å². The highest BCUT2D eigenvalue weighted by Gasteiger charge is 2.42. The van der Waals surface area contributed by atoms with Crippen LogP contribution in [0.4, 0.5) is 5.69 Å². The van der Waals surface area contributed by atoms with Crippen molar-refractivity contribution in [1.82, 2.24) is 4.98 Å². The lowest BCUT2D eigenvalue weighted by atomic mass is 9.87. The Labute approximate surface area is 150 Å². The van der Waals surface area contributed by atoms with Gasteiger partial charge >= 0.3 is 0 Å². The molecule has 0 radical (unpaired) electrons. The fourth-order valence-corrected chi connectivity index (χ4v) is 4.27. The smallest absolute Gasteiger partial charge is 0.256 e. The zero-order valence-corrected chi connectivity index (χ0v) is 15.1. The van der Waals surface area contributed by atoms with Crippen LogP contribution >= 0.6 is 11.8 Å². The van der Waals surface area contributed by atoms with Gasteiger partial charge in [-0.25, -0.2) is 9.98 Å². The molecule has 4 rings (SSSR count). The summed E-state index contributed by atoms with van der Waals surface area (Å²) in [5.74, 6) is 1.57. The van der Waals surface area contributed by atoms with Crippen molar-refractivity contribution in [1.29, 1.82) is 0 Å². The number of aliphatic imine (C=N–C) groups is 2. The average molecular weight is 358 g/mol. The molecule has 25 heavy (non-hydrogen) atoms. The quantitative estimate of drug-likeness (QED) is 0.817. The van der Waals surface area contributed by atoms with Crippen LogP contribution < -0.4 is 16.4 Å². The van der Waals surface area contributed by atoms with Crippen LogP contribution in [0.15, 0.2) is 37.8 Å². The predicted molar refractivity (Wildman–Crippen MR) is 102 cm³/mol. The Kier molecular flexibility index (Phi) is 4.07. The first-order valence-corrected chi connectivity index (χ1v) is 9.63. The van der Waals surface area contributed by atoms with Crippen LogP contribution in [-0.2, 0) is 0 Å². The first kappa shape index (κ1) is 16.3. The van der Waals surface area contributed by atoms with Crippen molar-refractivity contribution in [3.8, 4) is 0 Å². The van der Waals surface area contributed by atoms with E-state index >= 15 is 0 Å². The summed E-state index contributed by atoms with van der Waals surface area (Å²) in [6, 6.07) is 5.93. The number of anilines is 1. The maximum Gasteiger partial charge on any atom is 0.256 e. The lowest BCUT2D eigenvalue weighted by molar-refractivity contribution is 0.305. The monoisotopic (exact) mass is 358 g/mol. The summed E-state index contributed by atoms with van der Waals surface area (Å²) in [4.78, 5) is 15.4. The van der Waals surface area contributed by atoms with Gasteiger partial charge in [0, 0.05) is 6.07 Å². The Hall–Kier alpha value is -2.22. The Balaban J connectivity index is 1.77. The molecule has 7 nitrogen and oxygen atoms in total. The molecule has 1 spiro atoms. The maximum atomic E-state index is 6.27. The first-order valence-electron chi connectivity index (χ1n) is 8.64.